The number of nitrogens with zero attached hydrogens (tertiary/aromatic N) is 7. The number of imide groups is 1. The summed E-state index contributed by atoms with van der Waals surface area (Å²) in [6.45, 7) is 3.24. The van der Waals surface area contributed by atoms with Crippen LogP contribution in [-0.2, 0) is 28.9 Å². The van der Waals surface area contributed by atoms with Crippen LogP contribution in [-0.4, -0.2) is 117 Å². The molecule has 65 heavy (non-hydrogen) atoms. The summed E-state index contributed by atoms with van der Waals surface area (Å²) >= 11 is 0. The number of aromatic nitrogens is 2. The molecule has 0 saturated carbocycles. The summed E-state index contributed by atoms with van der Waals surface area (Å²) in [7, 11) is 5.24. The van der Waals surface area contributed by atoms with Gasteiger partial charge in [0.1, 0.15) is 6.04 Å². The number of aliphatic hydroxyl groups is 1. The number of halogens is 3. The van der Waals surface area contributed by atoms with Crippen LogP contribution in [0.1, 0.15) is 86.4 Å². The Kier molecular flexibility index (Phi) is 11.4. The number of imidazole rings is 1. The fourth-order valence-corrected chi connectivity index (χ4v) is 9.35. The highest BCUT2D eigenvalue weighted by Crippen LogP contribution is 2.36. The van der Waals surface area contributed by atoms with E-state index in [4.69, 9.17) is 0 Å². The summed E-state index contributed by atoms with van der Waals surface area (Å²) in [6, 6.07) is 20.4. The van der Waals surface area contributed by atoms with Crippen LogP contribution < -0.4 is 21.3 Å². The first kappa shape index (κ1) is 43.9. The second-order valence-corrected chi connectivity index (χ2v) is 17.9. The van der Waals surface area contributed by atoms with Gasteiger partial charge in [-0.3, -0.25) is 33.5 Å². The molecule has 2 unspecified atom stereocenters. The molecule has 0 bridgehead atoms. The summed E-state index contributed by atoms with van der Waals surface area (Å²) in [5, 5.41) is 13.2. The number of benzene rings is 3. The van der Waals surface area contributed by atoms with E-state index in [-0.39, 0.29) is 46.4 Å². The number of amides is 4. The van der Waals surface area contributed by atoms with Crippen molar-refractivity contribution in [1.29, 1.82) is 0 Å². The number of hydrogen-bond acceptors (Lipinski definition) is 9. The largest absolute Gasteiger partial charge is 0.418 e. The number of anilines is 1. The number of quaternary nitrogens is 1. The highest BCUT2D eigenvalue weighted by Gasteiger charge is 2.45. The standard InChI is InChI=1S/C47H50F3N9O6/c1-53(24-29-21-38(47(48,49)50)40-27-56(46(65)58(40)25-29)36-6-4-5-33(22-36)45(64)59(3)28-51-59)19-20-54(2)43(62)32-9-7-30(8-10-32)31-15-17-55(18-16-31)35-11-12-37-34(23-35)26-57(44(37)63)39-13-14-41(60)52-42(39)61/h4-12,21-23,25,27,31,39,45,51,64H,13-20,24,26,28H2,1-3H3/p+1/t39?,45-,59?/m1/s1. The molecule has 9 rings (SSSR count). The number of hydrogen-bond donors (Lipinski definition) is 3. The number of carbonyl (C=O) groups excluding carboxylic acids is 4. The van der Waals surface area contributed by atoms with Gasteiger partial charge in [-0.15, -0.1) is 5.43 Å². The quantitative estimate of drug-likeness (QED) is 0.0939. The van der Waals surface area contributed by atoms with Gasteiger partial charge in [-0.2, -0.15) is 17.8 Å². The summed E-state index contributed by atoms with van der Waals surface area (Å²) < 4.78 is 45.8. The highest BCUT2D eigenvalue weighted by molar-refractivity contribution is 6.05. The maximum Gasteiger partial charge on any atom is 0.418 e. The molecule has 4 aliphatic rings. The van der Waals surface area contributed by atoms with Crippen molar-refractivity contribution in [2.24, 2.45) is 0 Å². The lowest BCUT2D eigenvalue weighted by atomic mass is 9.88. The average molecular weight is 895 g/mol. The van der Waals surface area contributed by atoms with E-state index in [1.807, 2.05) is 42.5 Å². The van der Waals surface area contributed by atoms with Gasteiger partial charge in [0, 0.05) is 87.5 Å². The maximum absolute atomic E-state index is 14.5. The lowest BCUT2D eigenvalue weighted by Gasteiger charge is -2.34. The monoisotopic (exact) mass is 894 g/mol. The molecule has 3 atom stereocenters. The van der Waals surface area contributed by atoms with E-state index < -0.39 is 35.6 Å². The summed E-state index contributed by atoms with van der Waals surface area (Å²) in [6.07, 6.45) is -0.747. The third-order valence-corrected chi connectivity index (χ3v) is 13.4. The Balaban J connectivity index is 0.789. The van der Waals surface area contributed by atoms with Crippen molar-refractivity contribution < 1.29 is 42.0 Å². The fraction of sp³-hybridized carbons (Fsp3) is 0.383. The summed E-state index contributed by atoms with van der Waals surface area (Å²) in [5.74, 6) is -0.826. The van der Waals surface area contributed by atoms with Crippen molar-refractivity contribution >= 4 is 34.8 Å². The Hall–Kier alpha value is -6.34. The molecular formula is C47H51F3N9O6+. The van der Waals surface area contributed by atoms with Crippen molar-refractivity contribution in [3.8, 4) is 5.69 Å². The van der Waals surface area contributed by atoms with Gasteiger partial charge < -0.3 is 24.7 Å². The van der Waals surface area contributed by atoms with Crippen LogP contribution in [0.3, 0.4) is 0 Å². The normalized spacial score (nSPS) is 20.7. The Morgan fingerprint density at radius 2 is 1.66 bits per heavy atom. The molecule has 18 heteroatoms. The zero-order valence-corrected chi connectivity index (χ0v) is 36.3. The molecular weight excluding hydrogens is 844 g/mol. The van der Waals surface area contributed by atoms with Gasteiger partial charge in [0.25, 0.3) is 11.8 Å². The van der Waals surface area contributed by atoms with E-state index in [0.717, 1.165) is 57.8 Å². The summed E-state index contributed by atoms with van der Waals surface area (Å²) in [4.78, 5) is 71.6. The van der Waals surface area contributed by atoms with Crippen molar-refractivity contribution in [2.75, 3.05) is 58.9 Å². The van der Waals surface area contributed by atoms with Crippen molar-refractivity contribution in [3.05, 3.63) is 135 Å². The maximum atomic E-state index is 14.5. The Morgan fingerprint density at radius 3 is 2.35 bits per heavy atom. The number of alkyl halides is 3. The number of carbonyl (C=O) groups is 4. The molecule has 4 aliphatic heterocycles. The van der Waals surface area contributed by atoms with Gasteiger partial charge in [0.05, 0.1) is 23.8 Å². The first-order valence-electron chi connectivity index (χ1n) is 21.8. The molecule has 15 nitrogen and oxygen atoms in total. The SMILES string of the molecule is CN(CCN(C)C(=O)c1ccc(C2CCN(c3ccc4c(c3)CN(C3CCC(=O)NC3=O)C4=O)CC2)cc1)Cc1cc(C(F)(F)F)c2cn(-c3cccc([C@@H](O)[N+]4(C)CN4)c3)c(=O)n2c1. The number of likely N-dealkylation sites (N-methyl/N-ethyl adjacent to an activating group) is 2. The molecule has 3 N–H and O–H groups in total. The van der Waals surface area contributed by atoms with E-state index in [0.29, 0.717) is 61.0 Å². The molecule has 3 fully saturated rings. The van der Waals surface area contributed by atoms with Gasteiger partial charge >= 0.3 is 11.9 Å². The Morgan fingerprint density at radius 1 is 0.923 bits per heavy atom. The highest BCUT2D eigenvalue weighted by atomic mass is 19.4. The average Bonchev–Trinajstić information content (AvgIpc) is 3.85. The summed E-state index contributed by atoms with van der Waals surface area (Å²) in [5.41, 5.74) is 6.41. The van der Waals surface area contributed by atoms with Crippen LogP contribution in [0.2, 0.25) is 0 Å². The first-order chi connectivity index (χ1) is 31.0. The van der Waals surface area contributed by atoms with E-state index in [1.165, 1.54) is 12.4 Å². The molecule has 5 aromatic rings. The first-order valence-corrected chi connectivity index (χ1v) is 21.8. The molecule has 4 amide bonds. The minimum Gasteiger partial charge on any atom is -0.371 e. The molecule has 0 radical (unpaired) electrons. The predicted octanol–water partition coefficient (Wildman–Crippen LogP) is 4.37. The van der Waals surface area contributed by atoms with Crippen LogP contribution in [0.15, 0.2) is 90.0 Å². The van der Waals surface area contributed by atoms with Gasteiger partial charge in [-0.1, -0.05) is 24.3 Å². The Labute approximate surface area is 372 Å². The van der Waals surface area contributed by atoms with Gasteiger partial charge in [-0.25, -0.2) is 4.79 Å². The zero-order valence-electron chi connectivity index (χ0n) is 36.3. The van der Waals surface area contributed by atoms with E-state index >= 15 is 0 Å². The van der Waals surface area contributed by atoms with Crippen LogP contribution >= 0.6 is 0 Å². The topological polar surface area (TPSA) is 162 Å². The molecule has 2 aromatic heterocycles. The number of fused-ring (bicyclic) bond motifs is 2. The molecule has 0 aliphatic carbocycles. The van der Waals surface area contributed by atoms with Crippen molar-refractivity contribution in [1.82, 2.24) is 34.4 Å². The zero-order chi connectivity index (χ0) is 45.9. The number of nitrogens with one attached hydrogen (secondary N) is 2. The number of pyridine rings is 1. The van der Waals surface area contributed by atoms with Gasteiger partial charge in [0.2, 0.25) is 18.0 Å². The molecule has 0 spiro atoms. The minimum atomic E-state index is -4.74. The number of aliphatic hydroxyl groups excluding tert-OH is 1. The third kappa shape index (κ3) is 8.66. The van der Waals surface area contributed by atoms with E-state index in [1.54, 1.807) is 60.1 Å². The second kappa shape index (κ2) is 16.9. The molecule has 3 saturated heterocycles. The molecule has 6 heterocycles. The lowest BCUT2D eigenvalue weighted by molar-refractivity contribution is -0.865. The lowest BCUT2D eigenvalue weighted by Crippen LogP contribution is -2.52. The minimum absolute atomic E-state index is 0.0900. The van der Waals surface area contributed by atoms with Crippen LogP contribution in [0.5, 0.6) is 0 Å². The molecule has 340 valence electrons. The number of rotatable bonds is 12. The third-order valence-electron chi connectivity index (χ3n) is 13.4. The second-order valence-electron chi connectivity index (χ2n) is 17.9. The Bertz CT molecular complexity index is 2760. The predicted molar refractivity (Wildman–Crippen MR) is 234 cm³/mol. The fourth-order valence-electron chi connectivity index (χ4n) is 9.35. The van der Waals surface area contributed by atoms with Gasteiger partial charge in [0.15, 0.2) is 6.67 Å². The van der Waals surface area contributed by atoms with E-state index in [2.05, 4.69) is 15.6 Å². The van der Waals surface area contributed by atoms with Crippen LogP contribution in [0.25, 0.3) is 11.2 Å². The van der Waals surface area contributed by atoms with Crippen molar-refractivity contribution in [2.45, 2.75) is 63.1 Å². The van der Waals surface area contributed by atoms with Crippen molar-refractivity contribution in [3.63, 3.8) is 0 Å². The van der Waals surface area contributed by atoms with E-state index in [9.17, 15) is 42.3 Å². The molecule has 3 aromatic carbocycles. The van der Waals surface area contributed by atoms with Crippen LogP contribution in [0, 0.1) is 0 Å². The number of piperidine rings is 2. The smallest absolute Gasteiger partial charge is 0.371 e. The van der Waals surface area contributed by atoms with Gasteiger partial charge in [-0.05, 0) is 97.4 Å². The van der Waals surface area contributed by atoms with Crippen LogP contribution in [0.4, 0.5) is 18.9 Å².